The van der Waals surface area contributed by atoms with Crippen molar-refractivity contribution in [1.29, 1.82) is 0 Å². The molecule has 2 N–H and O–H groups in total. The Morgan fingerprint density at radius 1 is 1.03 bits per heavy atom. The molecule has 1 atom stereocenters. The molecule has 0 saturated carbocycles. The fourth-order valence-corrected chi connectivity index (χ4v) is 3.70. The van der Waals surface area contributed by atoms with Gasteiger partial charge in [-0.1, -0.05) is 36.4 Å². The normalized spacial score (nSPS) is 15.9. The second kappa shape index (κ2) is 12.2. The largest absolute Gasteiger partial charge is 0.493 e. The van der Waals surface area contributed by atoms with E-state index in [1.165, 1.54) is 11.1 Å². The lowest BCUT2D eigenvalue weighted by Gasteiger charge is -2.35. The van der Waals surface area contributed by atoms with Crippen LogP contribution in [0.1, 0.15) is 24.1 Å². The molecule has 1 saturated heterocycles. The second-order valence-corrected chi connectivity index (χ2v) is 7.34. The molecular weight excluding hydrogens is 392 g/mol. The van der Waals surface area contributed by atoms with Gasteiger partial charge >= 0.3 is 0 Å². The van der Waals surface area contributed by atoms with Crippen LogP contribution in [0.25, 0.3) is 0 Å². The van der Waals surface area contributed by atoms with E-state index >= 15 is 0 Å². The zero-order valence-electron chi connectivity index (χ0n) is 18.8. The molecule has 3 rings (SSSR count). The number of morpholine rings is 1. The number of hydrogen-bond acceptors (Lipinski definition) is 5. The lowest BCUT2D eigenvalue weighted by atomic mass is 10.0. The van der Waals surface area contributed by atoms with Gasteiger partial charge in [0.05, 0.1) is 40.0 Å². The number of rotatable bonds is 9. The van der Waals surface area contributed by atoms with Crippen molar-refractivity contribution in [2.75, 3.05) is 53.6 Å². The summed E-state index contributed by atoms with van der Waals surface area (Å²) >= 11 is 0. The SMILES string of the molecule is CCNC(=NCc1ccccc1)NCC(c1ccc(OC)c(OC)c1)N1CCOCC1. The first-order valence-electron chi connectivity index (χ1n) is 10.8. The van der Waals surface area contributed by atoms with Crippen molar-refractivity contribution in [2.45, 2.75) is 19.5 Å². The molecule has 0 radical (unpaired) electrons. The van der Waals surface area contributed by atoms with Crippen molar-refractivity contribution in [3.63, 3.8) is 0 Å². The fourth-order valence-electron chi connectivity index (χ4n) is 3.70. The molecule has 0 aliphatic carbocycles. The van der Waals surface area contributed by atoms with Crippen LogP contribution in [0.2, 0.25) is 0 Å². The zero-order chi connectivity index (χ0) is 21.9. The van der Waals surface area contributed by atoms with Gasteiger partial charge in [0.1, 0.15) is 0 Å². The van der Waals surface area contributed by atoms with Crippen LogP contribution < -0.4 is 20.1 Å². The fraction of sp³-hybridized carbons (Fsp3) is 0.458. The number of nitrogens with zero attached hydrogens (tertiary/aromatic N) is 2. The first-order chi connectivity index (χ1) is 15.2. The minimum Gasteiger partial charge on any atom is -0.493 e. The van der Waals surface area contributed by atoms with Crippen LogP contribution in [-0.2, 0) is 11.3 Å². The number of ether oxygens (including phenoxy) is 3. The molecule has 0 amide bonds. The first-order valence-corrected chi connectivity index (χ1v) is 10.8. The summed E-state index contributed by atoms with van der Waals surface area (Å²) in [4.78, 5) is 7.21. The Kier molecular flexibility index (Phi) is 8.99. The summed E-state index contributed by atoms with van der Waals surface area (Å²) in [7, 11) is 3.33. The number of guanidine groups is 1. The van der Waals surface area contributed by atoms with Gasteiger partial charge in [-0.3, -0.25) is 4.90 Å². The molecule has 1 unspecified atom stereocenters. The third-order valence-corrected chi connectivity index (χ3v) is 5.35. The molecule has 168 valence electrons. The Balaban J connectivity index is 1.77. The molecule has 1 heterocycles. The van der Waals surface area contributed by atoms with Crippen molar-refractivity contribution in [3.05, 3.63) is 59.7 Å². The lowest BCUT2D eigenvalue weighted by molar-refractivity contribution is 0.0169. The summed E-state index contributed by atoms with van der Waals surface area (Å²) in [5.41, 5.74) is 2.36. The highest BCUT2D eigenvalue weighted by Gasteiger charge is 2.24. The predicted octanol–water partition coefficient (Wildman–Crippen LogP) is 2.83. The van der Waals surface area contributed by atoms with E-state index in [1.807, 2.05) is 24.3 Å². The number of nitrogens with one attached hydrogen (secondary N) is 2. The van der Waals surface area contributed by atoms with Crippen LogP contribution in [-0.4, -0.2) is 64.5 Å². The highest BCUT2D eigenvalue weighted by atomic mass is 16.5. The number of benzene rings is 2. The maximum atomic E-state index is 5.58. The van der Waals surface area contributed by atoms with Gasteiger partial charge in [-0.05, 0) is 30.2 Å². The van der Waals surface area contributed by atoms with Crippen LogP contribution in [0.15, 0.2) is 53.5 Å². The third kappa shape index (κ3) is 6.60. The van der Waals surface area contributed by atoms with Crippen molar-refractivity contribution >= 4 is 5.96 Å². The van der Waals surface area contributed by atoms with Crippen molar-refractivity contribution in [1.82, 2.24) is 15.5 Å². The Hall–Kier alpha value is -2.77. The highest BCUT2D eigenvalue weighted by molar-refractivity contribution is 5.79. The molecule has 31 heavy (non-hydrogen) atoms. The Morgan fingerprint density at radius 3 is 2.45 bits per heavy atom. The third-order valence-electron chi connectivity index (χ3n) is 5.35. The van der Waals surface area contributed by atoms with Crippen LogP contribution >= 0.6 is 0 Å². The van der Waals surface area contributed by atoms with Crippen LogP contribution in [0.5, 0.6) is 11.5 Å². The molecule has 0 bridgehead atoms. The summed E-state index contributed by atoms with van der Waals surface area (Å²) in [6, 6.07) is 16.6. The zero-order valence-corrected chi connectivity index (χ0v) is 18.8. The molecule has 2 aromatic carbocycles. The van der Waals surface area contributed by atoms with Crippen LogP contribution in [0.3, 0.4) is 0 Å². The quantitative estimate of drug-likeness (QED) is 0.475. The van der Waals surface area contributed by atoms with E-state index < -0.39 is 0 Å². The number of hydrogen-bond donors (Lipinski definition) is 2. The molecule has 1 aliphatic heterocycles. The Bertz CT molecular complexity index is 823. The molecule has 7 heteroatoms. The van der Waals surface area contributed by atoms with E-state index in [-0.39, 0.29) is 6.04 Å². The molecule has 0 aromatic heterocycles. The smallest absolute Gasteiger partial charge is 0.191 e. The van der Waals surface area contributed by atoms with Gasteiger partial charge in [0.25, 0.3) is 0 Å². The Labute approximate surface area is 185 Å². The van der Waals surface area contributed by atoms with Crippen LogP contribution in [0, 0.1) is 0 Å². The number of aliphatic imine (C=N–C) groups is 1. The maximum Gasteiger partial charge on any atom is 0.191 e. The molecule has 1 aliphatic rings. The Morgan fingerprint density at radius 2 is 1.77 bits per heavy atom. The minimum absolute atomic E-state index is 0.157. The average molecular weight is 427 g/mol. The molecular formula is C24H34N4O3. The van der Waals surface area contributed by atoms with Crippen molar-refractivity contribution in [2.24, 2.45) is 4.99 Å². The van der Waals surface area contributed by atoms with Gasteiger partial charge in [-0.25, -0.2) is 4.99 Å². The first kappa shape index (κ1) is 22.9. The van der Waals surface area contributed by atoms with E-state index in [0.29, 0.717) is 6.54 Å². The standard InChI is InChI=1S/C24H34N4O3/c1-4-25-24(26-17-19-8-6-5-7-9-19)27-18-21(28-12-14-31-15-13-28)20-10-11-22(29-2)23(16-20)30-3/h5-11,16,21H,4,12-15,17-18H2,1-3H3,(H2,25,26,27). The molecule has 2 aromatic rings. The second-order valence-electron chi connectivity index (χ2n) is 7.34. The van der Waals surface area contributed by atoms with Gasteiger partial charge in [0.2, 0.25) is 0 Å². The van der Waals surface area contributed by atoms with Gasteiger partial charge in [-0.15, -0.1) is 0 Å². The summed E-state index contributed by atoms with van der Waals surface area (Å²) in [5, 5.41) is 6.89. The van der Waals surface area contributed by atoms with E-state index in [2.05, 4.69) is 46.7 Å². The van der Waals surface area contributed by atoms with Crippen molar-refractivity contribution in [3.8, 4) is 11.5 Å². The average Bonchev–Trinajstić information content (AvgIpc) is 2.83. The summed E-state index contributed by atoms with van der Waals surface area (Å²) in [6.45, 7) is 7.49. The van der Waals surface area contributed by atoms with Gasteiger partial charge in [0.15, 0.2) is 17.5 Å². The van der Waals surface area contributed by atoms with E-state index in [4.69, 9.17) is 19.2 Å². The topological polar surface area (TPSA) is 67.4 Å². The summed E-state index contributed by atoms with van der Waals surface area (Å²) < 4.78 is 16.5. The molecule has 1 fully saturated rings. The summed E-state index contributed by atoms with van der Waals surface area (Å²) in [5.74, 6) is 2.28. The van der Waals surface area contributed by atoms with Crippen LogP contribution in [0.4, 0.5) is 0 Å². The molecule has 0 spiro atoms. The van der Waals surface area contributed by atoms with Gasteiger partial charge in [-0.2, -0.15) is 0 Å². The number of methoxy groups -OCH3 is 2. The minimum atomic E-state index is 0.157. The monoisotopic (exact) mass is 426 g/mol. The van der Waals surface area contributed by atoms with Gasteiger partial charge < -0.3 is 24.8 Å². The summed E-state index contributed by atoms with van der Waals surface area (Å²) in [6.07, 6.45) is 0. The predicted molar refractivity (Wildman–Crippen MR) is 124 cm³/mol. The van der Waals surface area contributed by atoms with E-state index in [0.717, 1.165) is 56.9 Å². The highest BCUT2D eigenvalue weighted by Crippen LogP contribution is 2.32. The van der Waals surface area contributed by atoms with Crippen molar-refractivity contribution < 1.29 is 14.2 Å². The maximum absolute atomic E-state index is 5.58. The van der Waals surface area contributed by atoms with E-state index in [1.54, 1.807) is 14.2 Å². The lowest BCUT2D eigenvalue weighted by Crippen LogP contribution is -2.46. The van der Waals surface area contributed by atoms with Gasteiger partial charge in [0, 0.05) is 26.2 Å². The molecule has 7 nitrogen and oxygen atoms in total. The van der Waals surface area contributed by atoms with E-state index in [9.17, 15) is 0 Å².